The van der Waals surface area contributed by atoms with Crippen molar-refractivity contribution in [2.24, 2.45) is 5.92 Å². The molecule has 0 aliphatic carbocycles. The lowest BCUT2D eigenvalue weighted by molar-refractivity contribution is -0.135. The number of carbonyl (C=O) groups is 2. The quantitative estimate of drug-likeness (QED) is 0.690. The predicted octanol–water partition coefficient (Wildman–Crippen LogP) is 2.99. The second-order valence-corrected chi connectivity index (χ2v) is 8.01. The Morgan fingerprint density at radius 3 is 2.52 bits per heavy atom. The van der Waals surface area contributed by atoms with E-state index in [1.807, 2.05) is 6.07 Å². The fourth-order valence-electron chi connectivity index (χ4n) is 4.52. The molecule has 6 nitrogen and oxygen atoms in total. The van der Waals surface area contributed by atoms with E-state index in [0.717, 1.165) is 31.5 Å². The van der Waals surface area contributed by atoms with Crippen LogP contribution in [0.3, 0.4) is 0 Å². The number of Topliss-reactive ketones (excluding diaryl/α,β-unsaturated/α-hetero) is 1. The van der Waals surface area contributed by atoms with Gasteiger partial charge in [0.1, 0.15) is 5.54 Å². The first-order valence-corrected chi connectivity index (χ1v) is 10.1. The summed E-state index contributed by atoms with van der Waals surface area (Å²) in [6, 6.07) is 5.29. The molecule has 3 N–H and O–H groups in total. The lowest BCUT2D eigenvalue weighted by Crippen LogP contribution is -2.63. The number of ketones is 1. The van der Waals surface area contributed by atoms with E-state index in [0.29, 0.717) is 23.1 Å². The molecule has 1 aromatic rings. The normalized spacial score (nSPS) is 26.1. The number of hydrogen-bond donors (Lipinski definition) is 3. The van der Waals surface area contributed by atoms with Gasteiger partial charge in [-0.2, -0.15) is 0 Å². The Morgan fingerprint density at radius 2 is 1.93 bits per heavy atom. The molecule has 2 atom stereocenters. The first-order chi connectivity index (χ1) is 12.9. The van der Waals surface area contributed by atoms with Crippen LogP contribution < -0.4 is 10.6 Å². The summed E-state index contributed by atoms with van der Waals surface area (Å²) < 4.78 is 0. The molecule has 0 aromatic heterocycles. The third-order valence-corrected chi connectivity index (χ3v) is 6.57. The zero-order valence-electron chi connectivity index (χ0n) is 15.3. The van der Waals surface area contributed by atoms with Gasteiger partial charge in [0, 0.05) is 31.5 Å². The topological polar surface area (TPSA) is 81.7 Å². The molecule has 1 amide bonds. The van der Waals surface area contributed by atoms with Crippen molar-refractivity contribution in [3.63, 3.8) is 0 Å². The zero-order chi connectivity index (χ0) is 19.6. The summed E-state index contributed by atoms with van der Waals surface area (Å²) >= 11 is 12.3. The van der Waals surface area contributed by atoms with E-state index >= 15 is 0 Å². The van der Waals surface area contributed by atoms with Gasteiger partial charge >= 0.3 is 6.09 Å². The van der Waals surface area contributed by atoms with Crippen molar-refractivity contribution in [1.82, 2.24) is 15.5 Å². The second kappa shape index (κ2) is 8.35. The van der Waals surface area contributed by atoms with Gasteiger partial charge in [0.2, 0.25) is 0 Å². The molecule has 0 radical (unpaired) electrons. The molecular weight excluding hydrogens is 389 g/mol. The maximum atomic E-state index is 13.7. The molecule has 2 heterocycles. The van der Waals surface area contributed by atoms with Gasteiger partial charge in [0.15, 0.2) is 5.78 Å². The molecule has 2 aliphatic heterocycles. The monoisotopic (exact) mass is 413 g/mol. The van der Waals surface area contributed by atoms with Crippen LogP contribution in [0, 0.1) is 5.92 Å². The van der Waals surface area contributed by atoms with Gasteiger partial charge in [-0.1, -0.05) is 29.3 Å². The van der Waals surface area contributed by atoms with E-state index in [-0.39, 0.29) is 24.2 Å². The molecule has 27 heavy (non-hydrogen) atoms. The molecule has 0 bridgehead atoms. The molecular formula is C19H25Cl2N3O3. The van der Waals surface area contributed by atoms with E-state index in [1.165, 1.54) is 4.90 Å². The summed E-state index contributed by atoms with van der Waals surface area (Å²) in [6.07, 6.45) is 0.381. The Labute approximate surface area is 169 Å². The number of rotatable bonds is 5. The van der Waals surface area contributed by atoms with Gasteiger partial charge in [-0.3, -0.25) is 9.69 Å². The standard InChI is InChI=1S/C19H25Cl2N3O3/c1-2-24(18(26)27)19(17(25)12-5-7-22-8-6-12)11-23-10-14(19)13-3-4-15(20)16(21)9-13/h3-4,9,12,14,22-23H,2,5-8,10-11H2,1H3,(H,26,27)/t14-,19+/m0/s1. The largest absolute Gasteiger partial charge is 0.465 e. The third kappa shape index (κ3) is 3.68. The maximum Gasteiger partial charge on any atom is 0.408 e. The number of benzene rings is 1. The highest BCUT2D eigenvalue weighted by Crippen LogP contribution is 2.42. The number of nitrogens with zero attached hydrogens (tertiary/aromatic N) is 1. The number of nitrogens with one attached hydrogen (secondary N) is 2. The smallest absolute Gasteiger partial charge is 0.408 e. The summed E-state index contributed by atoms with van der Waals surface area (Å²) in [5.41, 5.74) is -0.309. The zero-order valence-corrected chi connectivity index (χ0v) is 16.8. The van der Waals surface area contributed by atoms with E-state index in [1.54, 1.807) is 19.1 Å². The van der Waals surface area contributed by atoms with E-state index in [4.69, 9.17) is 23.2 Å². The number of likely N-dealkylation sites (N-methyl/N-ethyl adjacent to an activating group) is 1. The lowest BCUT2D eigenvalue weighted by atomic mass is 9.72. The molecule has 2 fully saturated rings. The first kappa shape index (κ1) is 20.4. The van der Waals surface area contributed by atoms with Crippen molar-refractivity contribution in [3.05, 3.63) is 33.8 Å². The lowest BCUT2D eigenvalue weighted by Gasteiger charge is -2.44. The maximum absolute atomic E-state index is 13.7. The van der Waals surface area contributed by atoms with Gasteiger partial charge in [-0.05, 0) is 50.6 Å². The first-order valence-electron chi connectivity index (χ1n) is 9.33. The third-order valence-electron chi connectivity index (χ3n) is 5.83. The second-order valence-electron chi connectivity index (χ2n) is 7.20. The number of amides is 1. The summed E-state index contributed by atoms with van der Waals surface area (Å²) in [5.74, 6) is -0.454. The highest BCUT2D eigenvalue weighted by Gasteiger charge is 2.56. The van der Waals surface area contributed by atoms with Crippen LogP contribution in [0.25, 0.3) is 0 Å². The number of carboxylic acid groups (broad SMARTS) is 1. The van der Waals surface area contributed by atoms with Crippen molar-refractivity contribution in [2.75, 3.05) is 32.7 Å². The van der Waals surface area contributed by atoms with Crippen molar-refractivity contribution in [1.29, 1.82) is 0 Å². The summed E-state index contributed by atoms with van der Waals surface area (Å²) in [4.78, 5) is 27.1. The van der Waals surface area contributed by atoms with Crippen LogP contribution in [0.2, 0.25) is 10.0 Å². The average molecular weight is 414 g/mol. The van der Waals surface area contributed by atoms with Gasteiger partial charge in [0.25, 0.3) is 0 Å². The molecule has 0 unspecified atom stereocenters. The highest BCUT2D eigenvalue weighted by atomic mass is 35.5. The minimum Gasteiger partial charge on any atom is -0.465 e. The van der Waals surface area contributed by atoms with E-state index < -0.39 is 11.6 Å². The van der Waals surface area contributed by atoms with Gasteiger partial charge < -0.3 is 15.7 Å². The summed E-state index contributed by atoms with van der Waals surface area (Å²) in [6.45, 7) is 4.38. The molecule has 1 aromatic carbocycles. The highest BCUT2D eigenvalue weighted by molar-refractivity contribution is 6.42. The van der Waals surface area contributed by atoms with E-state index in [9.17, 15) is 14.7 Å². The Morgan fingerprint density at radius 1 is 1.22 bits per heavy atom. The van der Waals surface area contributed by atoms with Gasteiger partial charge in [-0.25, -0.2) is 4.79 Å². The molecule has 0 spiro atoms. The number of halogens is 2. The molecule has 3 rings (SSSR count). The Kier molecular flexibility index (Phi) is 6.31. The molecule has 8 heteroatoms. The molecule has 148 valence electrons. The summed E-state index contributed by atoms with van der Waals surface area (Å²) in [7, 11) is 0. The number of piperidine rings is 1. The van der Waals surface area contributed by atoms with Crippen molar-refractivity contribution < 1.29 is 14.7 Å². The minimum absolute atomic E-state index is 0.00863. The van der Waals surface area contributed by atoms with Crippen LogP contribution in [0.4, 0.5) is 4.79 Å². The van der Waals surface area contributed by atoms with Gasteiger partial charge in [0.05, 0.1) is 10.0 Å². The Balaban J connectivity index is 2.08. The van der Waals surface area contributed by atoms with Crippen LogP contribution in [-0.4, -0.2) is 60.1 Å². The SMILES string of the molecule is CCN(C(=O)O)[C@]1(C(=O)C2CCNCC2)CNC[C@H]1c1ccc(Cl)c(Cl)c1. The van der Waals surface area contributed by atoms with Crippen molar-refractivity contribution in [2.45, 2.75) is 31.2 Å². The van der Waals surface area contributed by atoms with E-state index in [2.05, 4.69) is 10.6 Å². The van der Waals surface area contributed by atoms with Crippen LogP contribution in [0.5, 0.6) is 0 Å². The van der Waals surface area contributed by atoms with Crippen LogP contribution in [0.15, 0.2) is 18.2 Å². The minimum atomic E-state index is -1.14. The fraction of sp³-hybridized carbons (Fsp3) is 0.579. The van der Waals surface area contributed by atoms with Crippen molar-refractivity contribution in [3.8, 4) is 0 Å². The fourth-order valence-corrected chi connectivity index (χ4v) is 4.83. The number of hydrogen-bond acceptors (Lipinski definition) is 4. The van der Waals surface area contributed by atoms with Gasteiger partial charge in [-0.15, -0.1) is 0 Å². The molecule has 2 saturated heterocycles. The predicted molar refractivity (Wildman–Crippen MR) is 106 cm³/mol. The summed E-state index contributed by atoms with van der Waals surface area (Å²) in [5, 5.41) is 17.3. The number of carbonyl (C=O) groups excluding carboxylic acids is 1. The molecule has 2 aliphatic rings. The molecule has 0 saturated carbocycles. The van der Waals surface area contributed by atoms with Crippen LogP contribution in [-0.2, 0) is 4.79 Å². The van der Waals surface area contributed by atoms with Crippen LogP contribution >= 0.6 is 23.2 Å². The van der Waals surface area contributed by atoms with Crippen LogP contribution in [0.1, 0.15) is 31.2 Å². The Bertz CT molecular complexity index is 724. The van der Waals surface area contributed by atoms with Crippen molar-refractivity contribution >= 4 is 35.1 Å². The Hall–Kier alpha value is -1.34. The average Bonchev–Trinajstić information content (AvgIpc) is 3.10.